The molecule has 0 radical (unpaired) electrons. The zero-order valence-electron chi connectivity index (χ0n) is 17.7. The van der Waals surface area contributed by atoms with Crippen LogP contribution in [0.15, 0.2) is 77.8 Å². The van der Waals surface area contributed by atoms with Gasteiger partial charge in [-0.15, -0.1) is 0 Å². The number of nitrogens with one attached hydrogen (secondary N) is 2. The second-order valence-electron chi connectivity index (χ2n) is 7.05. The summed E-state index contributed by atoms with van der Waals surface area (Å²) in [7, 11) is 3.25. The van der Waals surface area contributed by atoms with Crippen LogP contribution in [0.5, 0.6) is 11.5 Å². The minimum absolute atomic E-state index is 0.124. The average Bonchev–Trinajstić information content (AvgIpc) is 3.28. The molecule has 0 fully saturated rings. The standard InChI is InChI=1S/C24H23N3O5/c1-29-21-11-9-17(10-12-21)24(15-31-23(26-24)27-32-16-28)18-5-3-6-19(13-18)25-20-7-4-8-22(14-20)30-2/h3-14,16,25H,15H2,1-2H3,(H,26,27). The van der Waals surface area contributed by atoms with E-state index in [-0.39, 0.29) is 19.1 Å². The highest BCUT2D eigenvalue weighted by Crippen LogP contribution is 2.39. The molecular weight excluding hydrogens is 410 g/mol. The second-order valence-corrected chi connectivity index (χ2v) is 7.05. The van der Waals surface area contributed by atoms with Crippen LogP contribution in [0.3, 0.4) is 0 Å². The number of hydrogen-bond acceptors (Lipinski definition) is 8. The Labute approximate surface area is 185 Å². The number of nitrogens with zero attached hydrogens (tertiary/aromatic N) is 1. The first-order valence-electron chi connectivity index (χ1n) is 9.91. The topological polar surface area (TPSA) is 90.4 Å². The fourth-order valence-electron chi connectivity index (χ4n) is 3.59. The van der Waals surface area contributed by atoms with Crippen molar-refractivity contribution in [2.45, 2.75) is 5.54 Å². The number of aliphatic imine (C=N–C) groups is 1. The van der Waals surface area contributed by atoms with Crippen molar-refractivity contribution in [3.63, 3.8) is 0 Å². The molecule has 0 spiro atoms. The zero-order valence-corrected chi connectivity index (χ0v) is 17.7. The van der Waals surface area contributed by atoms with Crippen molar-refractivity contribution >= 4 is 23.9 Å². The molecule has 1 aliphatic heterocycles. The van der Waals surface area contributed by atoms with E-state index in [4.69, 9.17) is 19.2 Å². The number of rotatable bonds is 8. The summed E-state index contributed by atoms with van der Waals surface area (Å²) in [6, 6.07) is 23.4. The quantitative estimate of drug-likeness (QED) is 0.413. The second kappa shape index (κ2) is 9.30. The van der Waals surface area contributed by atoms with Gasteiger partial charge >= 0.3 is 12.5 Å². The molecule has 1 heterocycles. The lowest BCUT2D eigenvalue weighted by Crippen LogP contribution is -2.27. The predicted octanol–water partition coefficient (Wildman–Crippen LogP) is 3.75. The van der Waals surface area contributed by atoms with Crippen molar-refractivity contribution < 1.29 is 23.8 Å². The first-order chi connectivity index (χ1) is 15.7. The fraction of sp³-hybridized carbons (Fsp3) is 0.167. The highest BCUT2D eigenvalue weighted by molar-refractivity contribution is 5.77. The van der Waals surface area contributed by atoms with Crippen molar-refractivity contribution in [3.8, 4) is 11.5 Å². The Hall–Kier alpha value is -4.20. The van der Waals surface area contributed by atoms with Crippen LogP contribution in [0.4, 0.5) is 11.4 Å². The molecule has 3 aromatic carbocycles. The first kappa shape index (κ1) is 21.0. The van der Waals surface area contributed by atoms with Crippen LogP contribution in [0, 0.1) is 0 Å². The van der Waals surface area contributed by atoms with Crippen molar-refractivity contribution in [1.29, 1.82) is 0 Å². The lowest BCUT2D eigenvalue weighted by atomic mass is 9.84. The highest BCUT2D eigenvalue weighted by Gasteiger charge is 2.41. The number of hydrogen-bond donors (Lipinski definition) is 2. The van der Waals surface area contributed by atoms with Gasteiger partial charge in [-0.1, -0.05) is 30.3 Å². The maximum atomic E-state index is 10.6. The molecule has 4 rings (SSSR count). The summed E-state index contributed by atoms with van der Waals surface area (Å²) in [6.45, 7) is 0.504. The van der Waals surface area contributed by atoms with Crippen LogP contribution >= 0.6 is 0 Å². The number of methoxy groups -OCH3 is 2. The van der Waals surface area contributed by atoms with Crippen LogP contribution in [-0.4, -0.2) is 33.3 Å². The molecule has 0 aromatic heterocycles. The summed E-state index contributed by atoms with van der Waals surface area (Å²) >= 11 is 0. The van der Waals surface area contributed by atoms with Crippen molar-refractivity contribution in [3.05, 3.63) is 83.9 Å². The van der Waals surface area contributed by atoms with Gasteiger partial charge in [-0.25, -0.2) is 4.99 Å². The molecule has 1 unspecified atom stereocenters. The minimum atomic E-state index is -0.840. The fourth-order valence-corrected chi connectivity index (χ4v) is 3.59. The summed E-state index contributed by atoms with van der Waals surface area (Å²) in [5, 5.41) is 3.40. The van der Waals surface area contributed by atoms with Gasteiger partial charge in [0.25, 0.3) is 0 Å². The van der Waals surface area contributed by atoms with Gasteiger partial charge in [-0.05, 0) is 47.5 Å². The lowest BCUT2D eigenvalue weighted by molar-refractivity contribution is -0.132. The predicted molar refractivity (Wildman–Crippen MR) is 120 cm³/mol. The molecule has 3 aromatic rings. The smallest absolute Gasteiger partial charge is 0.320 e. The summed E-state index contributed by atoms with van der Waals surface area (Å²) in [6.07, 6.45) is 0. The Bertz CT molecular complexity index is 1120. The molecule has 0 amide bonds. The number of amidine groups is 1. The molecule has 8 heteroatoms. The Kier molecular flexibility index (Phi) is 6.12. The molecule has 1 atom stereocenters. The molecule has 0 saturated carbocycles. The molecule has 1 aliphatic rings. The van der Waals surface area contributed by atoms with Gasteiger partial charge in [0.2, 0.25) is 0 Å². The zero-order chi connectivity index (χ0) is 22.4. The van der Waals surface area contributed by atoms with Crippen LogP contribution in [-0.2, 0) is 19.9 Å². The molecule has 164 valence electrons. The van der Waals surface area contributed by atoms with Crippen molar-refractivity contribution in [2.24, 2.45) is 4.99 Å². The van der Waals surface area contributed by atoms with Crippen molar-refractivity contribution in [2.75, 3.05) is 26.1 Å². The lowest BCUT2D eigenvalue weighted by Gasteiger charge is -2.26. The third-order valence-electron chi connectivity index (χ3n) is 5.17. The van der Waals surface area contributed by atoms with E-state index in [2.05, 4.69) is 15.6 Å². The van der Waals surface area contributed by atoms with E-state index in [9.17, 15) is 4.79 Å². The Morgan fingerprint density at radius 2 is 1.62 bits per heavy atom. The number of hydroxylamine groups is 1. The van der Waals surface area contributed by atoms with Gasteiger partial charge in [0.15, 0.2) is 5.54 Å². The van der Waals surface area contributed by atoms with Gasteiger partial charge in [0.1, 0.15) is 18.1 Å². The van der Waals surface area contributed by atoms with E-state index in [1.807, 2.05) is 72.8 Å². The van der Waals surface area contributed by atoms with Crippen LogP contribution in [0.25, 0.3) is 0 Å². The number of anilines is 2. The average molecular weight is 433 g/mol. The molecular formula is C24H23N3O5. The Morgan fingerprint density at radius 1 is 0.906 bits per heavy atom. The van der Waals surface area contributed by atoms with E-state index in [1.54, 1.807) is 14.2 Å². The summed E-state index contributed by atoms with van der Waals surface area (Å²) in [4.78, 5) is 19.9. The summed E-state index contributed by atoms with van der Waals surface area (Å²) in [5.74, 6) is 1.50. The van der Waals surface area contributed by atoms with E-state index < -0.39 is 5.54 Å². The third kappa shape index (κ3) is 4.29. The molecule has 0 aliphatic carbocycles. The molecule has 8 nitrogen and oxygen atoms in total. The van der Waals surface area contributed by atoms with Crippen LogP contribution in [0.1, 0.15) is 11.1 Å². The number of ether oxygens (including phenoxy) is 3. The SMILES string of the molecule is COc1ccc(C2(c3cccc(Nc4cccc(OC)c4)c3)COC(NOC=O)=N2)cc1. The minimum Gasteiger partial charge on any atom is -0.497 e. The van der Waals surface area contributed by atoms with E-state index in [1.165, 1.54) is 0 Å². The van der Waals surface area contributed by atoms with E-state index in [0.29, 0.717) is 0 Å². The normalized spacial score (nSPS) is 17.0. The number of benzene rings is 3. The first-order valence-corrected chi connectivity index (χ1v) is 9.91. The Balaban J connectivity index is 1.72. The van der Waals surface area contributed by atoms with Crippen LogP contribution in [0.2, 0.25) is 0 Å². The Morgan fingerprint density at radius 3 is 2.34 bits per heavy atom. The monoisotopic (exact) mass is 433 g/mol. The van der Waals surface area contributed by atoms with Crippen molar-refractivity contribution in [1.82, 2.24) is 5.48 Å². The molecule has 0 bridgehead atoms. The van der Waals surface area contributed by atoms with Crippen LogP contribution < -0.4 is 20.3 Å². The van der Waals surface area contributed by atoms with E-state index in [0.717, 1.165) is 34.0 Å². The van der Waals surface area contributed by atoms with Gasteiger partial charge < -0.3 is 24.4 Å². The van der Waals surface area contributed by atoms with E-state index >= 15 is 0 Å². The van der Waals surface area contributed by atoms with Gasteiger partial charge in [0.05, 0.1) is 14.2 Å². The van der Waals surface area contributed by atoms with Gasteiger partial charge in [-0.2, -0.15) is 5.48 Å². The maximum Gasteiger partial charge on any atom is 0.320 e. The van der Waals surface area contributed by atoms with Gasteiger partial charge in [-0.3, -0.25) is 4.79 Å². The largest absolute Gasteiger partial charge is 0.497 e. The maximum absolute atomic E-state index is 10.6. The summed E-state index contributed by atoms with van der Waals surface area (Å²) in [5.41, 5.74) is 5.16. The molecule has 32 heavy (non-hydrogen) atoms. The third-order valence-corrected chi connectivity index (χ3v) is 5.17. The number of carbonyl (C=O) groups is 1. The summed E-state index contributed by atoms with van der Waals surface area (Å²) < 4.78 is 16.3. The molecule has 2 N–H and O–H groups in total. The molecule has 0 saturated heterocycles. The highest BCUT2D eigenvalue weighted by atomic mass is 16.7. The van der Waals surface area contributed by atoms with Gasteiger partial charge in [0, 0.05) is 17.4 Å². The number of carbonyl (C=O) groups excluding carboxylic acids is 1.